The molecule has 1 aliphatic carbocycles. The summed E-state index contributed by atoms with van der Waals surface area (Å²) in [5.74, 6) is 0.386. The van der Waals surface area contributed by atoms with E-state index in [1.54, 1.807) is 7.11 Å². The third kappa shape index (κ3) is 4.31. The van der Waals surface area contributed by atoms with Gasteiger partial charge in [0.25, 0.3) is 5.91 Å². The summed E-state index contributed by atoms with van der Waals surface area (Å²) >= 11 is 0. The van der Waals surface area contributed by atoms with Crippen LogP contribution >= 0.6 is 0 Å². The summed E-state index contributed by atoms with van der Waals surface area (Å²) in [6.07, 6.45) is 3.14. The molecule has 0 spiro atoms. The number of para-hydroxylation sites is 1. The Morgan fingerprint density at radius 2 is 2.04 bits per heavy atom. The molecule has 3 rings (SSSR count). The third-order valence-corrected chi connectivity index (χ3v) is 4.92. The van der Waals surface area contributed by atoms with Crippen molar-refractivity contribution in [2.75, 3.05) is 20.2 Å². The van der Waals surface area contributed by atoms with Gasteiger partial charge in [-0.3, -0.25) is 9.59 Å². The number of methoxy groups -OCH3 is 1. The number of rotatable bonds is 6. The number of hydrogen-bond acceptors (Lipinski definition) is 4. The Balaban J connectivity index is 1.70. The van der Waals surface area contributed by atoms with E-state index in [1.165, 1.54) is 4.90 Å². The first kappa shape index (κ1) is 17.7. The predicted molar refractivity (Wildman–Crippen MR) is 93.0 cm³/mol. The molecule has 2 amide bonds. The minimum atomic E-state index is -0.973. The number of carbonyl (C=O) groups excluding carboxylic acids is 2. The topological polar surface area (TPSA) is 70.1 Å². The van der Waals surface area contributed by atoms with Gasteiger partial charge in [-0.1, -0.05) is 18.2 Å². The van der Waals surface area contributed by atoms with Gasteiger partial charge < -0.3 is 19.6 Å². The van der Waals surface area contributed by atoms with Gasteiger partial charge in [0, 0.05) is 24.7 Å². The summed E-state index contributed by atoms with van der Waals surface area (Å²) in [5, 5.41) is 9.87. The lowest BCUT2D eigenvalue weighted by atomic mass is 10.2. The molecular formula is C19H26N2O4. The molecule has 1 aliphatic heterocycles. The lowest BCUT2D eigenvalue weighted by Crippen LogP contribution is -2.46. The summed E-state index contributed by atoms with van der Waals surface area (Å²) in [6.45, 7) is 1.06. The first-order chi connectivity index (χ1) is 12.1. The van der Waals surface area contributed by atoms with Crippen molar-refractivity contribution < 1.29 is 19.4 Å². The minimum absolute atomic E-state index is 0.0432. The van der Waals surface area contributed by atoms with Crippen molar-refractivity contribution in [3.05, 3.63) is 29.8 Å². The molecule has 1 heterocycles. The number of aliphatic hydroxyl groups is 1. The molecule has 1 aromatic carbocycles. The molecule has 0 aromatic heterocycles. The van der Waals surface area contributed by atoms with Crippen LogP contribution in [0.3, 0.4) is 0 Å². The highest BCUT2D eigenvalue weighted by atomic mass is 16.5. The van der Waals surface area contributed by atoms with E-state index >= 15 is 0 Å². The molecule has 1 saturated heterocycles. The molecule has 1 atom stereocenters. The minimum Gasteiger partial charge on any atom is -0.496 e. The number of amides is 2. The standard InChI is InChI=1S/C19H26N2O4/c1-25-17-8-3-2-6-14(17)12-21(15-9-10-15)18(23)13-20-11-5-4-7-16(22)19(20)24/h2-3,6,8,15-16,22H,4-5,7,9-13H2,1H3. The summed E-state index contributed by atoms with van der Waals surface area (Å²) in [7, 11) is 1.62. The Labute approximate surface area is 148 Å². The van der Waals surface area contributed by atoms with E-state index in [0.29, 0.717) is 19.5 Å². The summed E-state index contributed by atoms with van der Waals surface area (Å²) < 4.78 is 5.39. The number of benzene rings is 1. The zero-order valence-electron chi connectivity index (χ0n) is 14.7. The maximum Gasteiger partial charge on any atom is 0.251 e. The molecule has 6 nitrogen and oxygen atoms in total. The van der Waals surface area contributed by atoms with E-state index in [1.807, 2.05) is 29.2 Å². The van der Waals surface area contributed by atoms with Crippen molar-refractivity contribution in [3.8, 4) is 5.75 Å². The molecule has 2 fully saturated rings. The highest BCUT2D eigenvalue weighted by Crippen LogP contribution is 2.30. The van der Waals surface area contributed by atoms with Crippen LogP contribution in [0.2, 0.25) is 0 Å². The van der Waals surface area contributed by atoms with Gasteiger partial charge in [-0.05, 0) is 38.2 Å². The van der Waals surface area contributed by atoms with Gasteiger partial charge in [-0.2, -0.15) is 0 Å². The van der Waals surface area contributed by atoms with Gasteiger partial charge in [0.2, 0.25) is 5.91 Å². The summed E-state index contributed by atoms with van der Waals surface area (Å²) in [6, 6.07) is 7.93. The van der Waals surface area contributed by atoms with E-state index in [0.717, 1.165) is 37.0 Å². The lowest BCUT2D eigenvalue weighted by Gasteiger charge is -2.28. The molecule has 6 heteroatoms. The highest BCUT2D eigenvalue weighted by Gasteiger charge is 2.35. The van der Waals surface area contributed by atoms with Crippen LogP contribution in [0, 0.1) is 0 Å². The van der Waals surface area contributed by atoms with Gasteiger partial charge in [-0.15, -0.1) is 0 Å². The molecule has 136 valence electrons. The highest BCUT2D eigenvalue weighted by molar-refractivity contribution is 5.87. The fraction of sp³-hybridized carbons (Fsp3) is 0.579. The number of likely N-dealkylation sites (tertiary alicyclic amines) is 1. The second-order valence-electron chi connectivity index (χ2n) is 6.84. The van der Waals surface area contributed by atoms with Crippen LogP contribution in [-0.4, -0.2) is 59.1 Å². The number of carbonyl (C=O) groups is 2. The SMILES string of the molecule is COc1ccccc1CN(C(=O)CN1CCCCC(O)C1=O)C1CC1. The fourth-order valence-corrected chi connectivity index (χ4v) is 3.32. The normalized spacial score (nSPS) is 21.0. The zero-order chi connectivity index (χ0) is 17.8. The van der Waals surface area contributed by atoms with E-state index in [2.05, 4.69) is 0 Å². The molecule has 1 saturated carbocycles. The van der Waals surface area contributed by atoms with Crippen LogP contribution in [0.15, 0.2) is 24.3 Å². The van der Waals surface area contributed by atoms with Crippen LogP contribution in [-0.2, 0) is 16.1 Å². The number of aliphatic hydroxyl groups excluding tert-OH is 1. The van der Waals surface area contributed by atoms with Crippen molar-refractivity contribution in [2.24, 2.45) is 0 Å². The van der Waals surface area contributed by atoms with Crippen LogP contribution in [0.1, 0.15) is 37.7 Å². The van der Waals surface area contributed by atoms with Gasteiger partial charge in [-0.25, -0.2) is 0 Å². The Bertz CT molecular complexity index is 630. The van der Waals surface area contributed by atoms with E-state index in [4.69, 9.17) is 4.74 Å². The first-order valence-corrected chi connectivity index (χ1v) is 8.98. The van der Waals surface area contributed by atoms with Crippen LogP contribution < -0.4 is 4.74 Å². The average molecular weight is 346 g/mol. The second kappa shape index (κ2) is 7.87. The van der Waals surface area contributed by atoms with Gasteiger partial charge in [0.05, 0.1) is 13.7 Å². The van der Waals surface area contributed by atoms with Gasteiger partial charge in [0.15, 0.2) is 0 Å². The Kier molecular flexibility index (Phi) is 5.58. The smallest absolute Gasteiger partial charge is 0.251 e. The second-order valence-corrected chi connectivity index (χ2v) is 6.84. The zero-order valence-corrected chi connectivity index (χ0v) is 14.7. The molecule has 2 aliphatic rings. The first-order valence-electron chi connectivity index (χ1n) is 8.98. The van der Waals surface area contributed by atoms with Crippen molar-refractivity contribution in [1.82, 2.24) is 9.80 Å². The Hall–Kier alpha value is -2.08. The molecule has 1 unspecified atom stereocenters. The number of ether oxygens (including phenoxy) is 1. The predicted octanol–water partition coefficient (Wildman–Crippen LogP) is 1.56. The van der Waals surface area contributed by atoms with Crippen LogP contribution in [0.5, 0.6) is 5.75 Å². The third-order valence-electron chi connectivity index (χ3n) is 4.92. The maximum atomic E-state index is 12.9. The molecule has 25 heavy (non-hydrogen) atoms. The maximum absolute atomic E-state index is 12.9. The van der Waals surface area contributed by atoms with E-state index in [9.17, 15) is 14.7 Å². The Morgan fingerprint density at radius 3 is 2.76 bits per heavy atom. The van der Waals surface area contributed by atoms with E-state index < -0.39 is 6.10 Å². The van der Waals surface area contributed by atoms with Gasteiger partial charge in [0.1, 0.15) is 11.9 Å². The van der Waals surface area contributed by atoms with Crippen LogP contribution in [0.4, 0.5) is 0 Å². The quantitative estimate of drug-likeness (QED) is 0.849. The molecule has 0 bridgehead atoms. The van der Waals surface area contributed by atoms with Crippen LogP contribution in [0.25, 0.3) is 0 Å². The van der Waals surface area contributed by atoms with Crippen molar-refractivity contribution in [1.29, 1.82) is 0 Å². The largest absolute Gasteiger partial charge is 0.496 e. The fourth-order valence-electron chi connectivity index (χ4n) is 3.32. The number of nitrogens with zero attached hydrogens (tertiary/aromatic N) is 2. The molecular weight excluding hydrogens is 320 g/mol. The number of hydrogen-bond donors (Lipinski definition) is 1. The Morgan fingerprint density at radius 1 is 1.28 bits per heavy atom. The van der Waals surface area contributed by atoms with Crippen molar-refractivity contribution in [2.45, 2.75) is 50.8 Å². The summed E-state index contributed by atoms with van der Waals surface area (Å²) in [4.78, 5) is 28.5. The molecule has 0 radical (unpaired) electrons. The van der Waals surface area contributed by atoms with E-state index in [-0.39, 0.29) is 24.4 Å². The van der Waals surface area contributed by atoms with Crippen molar-refractivity contribution in [3.63, 3.8) is 0 Å². The monoisotopic (exact) mass is 346 g/mol. The molecule has 1 aromatic rings. The lowest BCUT2D eigenvalue weighted by molar-refractivity contribution is -0.145. The van der Waals surface area contributed by atoms with Gasteiger partial charge >= 0.3 is 0 Å². The molecule has 1 N–H and O–H groups in total. The summed E-state index contributed by atoms with van der Waals surface area (Å²) in [5.41, 5.74) is 0.965. The van der Waals surface area contributed by atoms with Crippen molar-refractivity contribution >= 4 is 11.8 Å². The average Bonchev–Trinajstić information content (AvgIpc) is 3.46.